The number of nitrogens with one attached hydrogen (secondary N) is 2. The van der Waals surface area contributed by atoms with Crippen LogP contribution in [0.1, 0.15) is 33.3 Å². The lowest BCUT2D eigenvalue weighted by Crippen LogP contribution is -2.59. The summed E-state index contributed by atoms with van der Waals surface area (Å²) in [5.41, 5.74) is -0.394. The molecule has 1 aromatic carbocycles. The van der Waals surface area contributed by atoms with E-state index in [0.29, 0.717) is 0 Å². The summed E-state index contributed by atoms with van der Waals surface area (Å²) in [6.07, 6.45) is 0. The molecule has 2 amide bonds. The number of hydrogen-bond acceptors (Lipinski definition) is 5. The molecule has 0 saturated carbocycles. The highest BCUT2D eigenvalue weighted by atomic mass is 32.1. The second-order valence-corrected chi connectivity index (χ2v) is 7.72. The zero-order valence-corrected chi connectivity index (χ0v) is 17.0. The molecule has 0 bridgehead atoms. The number of aliphatic carboxylic acids is 1. The summed E-state index contributed by atoms with van der Waals surface area (Å²) >= 11 is 4.23. The molecule has 0 saturated heterocycles. The molecular formula is C19H28N2O5S. The quantitative estimate of drug-likeness (QED) is 0.450. The summed E-state index contributed by atoms with van der Waals surface area (Å²) in [6.45, 7) is 6.73. The maximum Gasteiger partial charge on any atom is 0.328 e. The van der Waals surface area contributed by atoms with E-state index in [9.17, 15) is 19.5 Å². The Morgan fingerprint density at radius 1 is 1.19 bits per heavy atom. The maximum absolute atomic E-state index is 12.5. The fourth-order valence-corrected chi connectivity index (χ4v) is 2.19. The van der Waals surface area contributed by atoms with Gasteiger partial charge in [-0.15, -0.1) is 0 Å². The molecule has 0 radical (unpaired) electrons. The van der Waals surface area contributed by atoms with E-state index < -0.39 is 28.7 Å². The van der Waals surface area contributed by atoms with E-state index in [-0.39, 0.29) is 25.0 Å². The highest BCUT2D eigenvalue weighted by Gasteiger charge is 2.34. The molecule has 3 N–H and O–H groups in total. The average molecular weight is 397 g/mol. The van der Waals surface area contributed by atoms with Crippen molar-refractivity contribution < 1.29 is 24.2 Å². The van der Waals surface area contributed by atoms with Crippen molar-refractivity contribution in [2.24, 2.45) is 5.92 Å². The first-order valence-corrected chi connectivity index (χ1v) is 9.21. The first kappa shape index (κ1) is 23.0. The Hall–Kier alpha value is -2.06. The number of benzene rings is 1. The lowest BCUT2D eigenvalue weighted by atomic mass is 10.0. The van der Waals surface area contributed by atoms with Crippen LogP contribution in [-0.2, 0) is 25.7 Å². The molecule has 8 heteroatoms. The number of carboxylic acids is 1. The number of amides is 2. The molecule has 0 fully saturated rings. The van der Waals surface area contributed by atoms with Crippen molar-refractivity contribution in [3.8, 4) is 0 Å². The first-order valence-electron chi connectivity index (χ1n) is 8.70. The molecule has 2 unspecified atom stereocenters. The number of rotatable bonds is 10. The SMILES string of the molecule is CC(C)C(S)C(=O)NC(C)(C)C(=O)NC(COCc1ccccc1)C(=O)O. The van der Waals surface area contributed by atoms with Crippen molar-refractivity contribution in [2.75, 3.05) is 6.61 Å². The lowest BCUT2D eigenvalue weighted by Gasteiger charge is -2.29. The van der Waals surface area contributed by atoms with Gasteiger partial charge in [-0.1, -0.05) is 44.2 Å². The number of carbonyl (C=O) groups excluding carboxylic acids is 2. The number of carboxylic acid groups (broad SMARTS) is 1. The predicted octanol–water partition coefficient (Wildman–Crippen LogP) is 1.62. The van der Waals surface area contributed by atoms with E-state index in [0.717, 1.165) is 5.56 Å². The summed E-state index contributed by atoms with van der Waals surface area (Å²) in [7, 11) is 0. The molecule has 2 atom stereocenters. The maximum atomic E-state index is 12.5. The van der Waals surface area contributed by atoms with Crippen LogP contribution in [0.3, 0.4) is 0 Å². The Morgan fingerprint density at radius 3 is 2.30 bits per heavy atom. The van der Waals surface area contributed by atoms with E-state index in [1.54, 1.807) is 0 Å². The smallest absolute Gasteiger partial charge is 0.328 e. The first-order chi connectivity index (χ1) is 12.5. The van der Waals surface area contributed by atoms with Crippen LogP contribution >= 0.6 is 12.6 Å². The van der Waals surface area contributed by atoms with Crippen molar-refractivity contribution in [3.05, 3.63) is 35.9 Å². The standard InChI is InChI=1S/C19H28N2O5S/c1-12(2)15(27)16(22)21-19(3,4)18(25)20-14(17(23)24)11-26-10-13-8-6-5-7-9-13/h5-9,12,14-15,27H,10-11H2,1-4H3,(H,20,25)(H,21,22)(H,23,24). The van der Waals surface area contributed by atoms with E-state index >= 15 is 0 Å². The van der Waals surface area contributed by atoms with Gasteiger partial charge in [0.1, 0.15) is 5.54 Å². The molecule has 0 aliphatic heterocycles. The monoisotopic (exact) mass is 396 g/mol. The molecule has 0 aromatic heterocycles. The molecule has 27 heavy (non-hydrogen) atoms. The molecule has 1 aromatic rings. The van der Waals surface area contributed by atoms with E-state index in [2.05, 4.69) is 23.3 Å². The minimum absolute atomic E-state index is 0.00894. The van der Waals surface area contributed by atoms with Gasteiger partial charge in [0.15, 0.2) is 6.04 Å². The number of hydrogen-bond donors (Lipinski definition) is 4. The van der Waals surface area contributed by atoms with Crippen LogP contribution in [-0.4, -0.2) is 46.3 Å². The molecule has 0 spiro atoms. The Balaban J connectivity index is 2.62. The highest BCUT2D eigenvalue weighted by molar-refractivity contribution is 7.81. The topological polar surface area (TPSA) is 105 Å². The molecule has 1 rings (SSSR count). The van der Waals surface area contributed by atoms with Gasteiger partial charge < -0.3 is 20.5 Å². The minimum Gasteiger partial charge on any atom is -0.480 e. The summed E-state index contributed by atoms with van der Waals surface area (Å²) in [5.74, 6) is -2.23. The summed E-state index contributed by atoms with van der Waals surface area (Å²) < 4.78 is 5.41. The normalized spacial score (nSPS) is 13.7. The zero-order valence-electron chi connectivity index (χ0n) is 16.1. The van der Waals surface area contributed by atoms with E-state index in [1.807, 2.05) is 44.2 Å². The Bertz CT molecular complexity index is 649. The van der Waals surface area contributed by atoms with Gasteiger partial charge >= 0.3 is 5.97 Å². The Labute approximate surface area is 165 Å². The highest BCUT2D eigenvalue weighted by Crippen LogP contribution is 2.12. The third-order valence-corrected chi connectivity index (χ3v) is 4.73. The van der Waals surface area contributed by atoms with Crippen LogP contribution in [0.15, 0.2) is 30.3 Å². The van der Waals surface area contributed by atoms with Gasteiger partial charge in [-0.25, -0.2) is 4.79 Å². The second kappa shape index (κ2) is 10.3. The van der Waals surface area contributed by atoms with Crippen LogP contribution in [0.25, 0.3) is 0 Å². The minimum atomic E-state index is -1.29. The van der Waals surface area contributed by atoms with Crippen LogP contribution in [0, 0.1) is 5.92 Å². The van der Waals surface area contributed by atoms with E-state index in [1.165, 1.54) is 13.8 Å². The van der Waals surface area contributed by atoms with Crippen molar-refractivity contribution in [2.45, 2.75) is 51.1 Å². The van der Waals surface area contributed by atoms with Crippen molar-refractivity contribution in [1.82, 2.24) is 10.6 Å². The molecule has 0 heterocycles. The largest absolute Gasteiger partial charge is 0.480 e. The van der Waals surface area contributed by atoms with Gasteiger partial charge in [-0.05, 0) is 25.3 Å². The van der Waals surface area contributed by atoms with Crippen LogP contribution < -0.4 is 10.6 Å². The van der Waals surface area contributed by atoms with Crippen molar-refractivity contribution in [3.63, 3.8) is 0 Å². The molecular weight excluding hydrogens is 368 g/mol. The van der Waals surface area contributed by atoms with Crippen LogP contribution in [0.2, 0.25) is 0 Å². The van der Waals surface area contributed by atoms with Crippen LogP contribution in [0.5, 0.6) is 0 Å². The third-order valence-electron chi connectivity index (χ3n) is 3.90. The van der Waals surface area contributed by atoms with Crippen molar-refractivity contribution in [1.29, 1.82) is 0 Å². The van der Waals surface area contributed by atoms with Gasteiger partial charge in [0.05, 0.1) is 18.5 Å². The van der Waals surface area contributed by atoms with Crippen molar-refractivity contribution >= 4 is 30.4 Å². The average Bonchev–Trinajstić information content (AvgIpc) is 2.60. The Morgan fingerprint density at radius 2 is 1.78 bits per heavy atom. The fourth-order valence-electron chi connectivity index (χ4n) is 2.12. The number of ether oxygens (including phenoxy) is 1. The molecule has 7 nitrogen and oxygen atoms in total. The second-order valence-electron chi connectivity index (χ2n) is 7.17. The lowest BCUT2D eigenvalue weighted by molar-refractivity contribution is -0.145. The Kier molecular flexibility index (Phi) is 8.78. The molecule has 0 aliphatic rings. The summed E-state index contributed by atoms with van der Waals surface area (Å²) in [5, 5.41) is 13.8. The third kappa shape index (κ3) is 7.60. The van der Waals surface area contributed by atoms with Gasteiger partial charge in [-0.3, -0.25) is 9.59 Å². The zero-order chi connectivity index (χ0) is 20.6. The van der Waals surface area contributed by atoms with E-state index in [4.69, 9.17) is 4.74 Å². The van der Waals surface area contributed by atoms with Gasteiger partial charge in [0.25, 0.3) is 0 Å². The number of thiol groups is 1. The molecule has 0 aliphatic carbocycles. The predicted molar refractivity (Wildman–Crippen MR) is 105 cm³/mol. The molecule has 150 valence electrons. The fraction of sp³-hybridized carbons (Fsp3) is 0.526. The summed E-state index contributed by atoms with van der Waals surface area (Å²) in [6, 6.07) is 8.06. The van der Waals surface area contributed by atoms with Gasteiger partial charge in [0, 0.05) is 0 Å². The van der Waals surface area contributed by atoms with Crippen LogP contribution in [0.4, 0.5) is 0 Å². The van der Waals surface area contributed by atoms with Gasteiger partial charge in [-0.2, -0.15) is 12.6 Å². The number of carbonyl (C=O) groups is 3. The van der Waals surface area contributed by atoms with Gasteiger partial charge in [0.2, 0.25) is 11.8 Å². The summed E-state index contributed by atoms with van der Waals surface area (Å²) in [4.78, 5) is 36.0.